The van der Waals surface area contributed by atoms with Gasteiger partial charge in [0.05, 0.1) is 11.1 Å². The lowest BCUT2D eigenvalue weighted by Crippen LogP contribution is -2.24. The molecule has 0 aliphatic carbocycles. The highest BCUT2D eigenvalue weighted by atomic mass is 16.5. The maximum absolute atomic E-state index is 13.9. The molecule has 0 aliphatic heterocycles. The lowest BCUT2D eigenvalue weighted by atomic mass is 9.78. The standard InChI is InChI=1S/C37H48O4/c1-23-19-26(34(2,3)4)22-29(37(11,12)13)30(23)40-33(39)25-20-27(35(5,6)7)31(28(21-25)36(8,9)10)41-32(38)24-17-15-14-16-18-24/h14-22H,1-13H3. The Hall–Kier alpha value is -3.40. The molecule has 0 fully saturated rings. The van der Waals surface area contributed by atoms with Gasteiger partial charge >= 0.3 is 11.9 Å². The zero-order chi connectivity index (χ0) is 31.1. The summed E-state index contributed by atoms with van der Waals surface area (Å²) in [4.78, 5) is 27.1. The molecule has 0 unspecified atom stereocenters. The normalized spacial score (nSPS) is 12.7. The van der Waals surface area contributed by atoms with Crippen molar-refractivity contribution in [1.82, 2.24) is 0 Å². The number of carbonyl (C=O) groups is 2. The number of hydrogen-bond acceptors (Lipinski definition) is 4. The molecule has 0 spiro atoms. The van der Waals surface area contributed by atoms with Crippen LogP contribution in [-0.4, -0.2) is 11.9 Å². The molecule has 0 bridgehead atoms. The van der Waals surface area contributed by atoms with E-state index in [1.807, 2.05) is 37.3 Å². The number of aryl methyl sites for hydroxylation is 1. The zero-order valence-corrected chi connectivity index (χ0v) is 27.3. The highest BCUT2D eigenvalue weighted by Gasteiger charge is 2.32. The van der Waals surface area contributed by atoms with E-state index in [1.165, 1.54) is 5.56 Å². The maximum Gasteiger partial charge on any atom is 0.343 e. The fraction of sp³-hybridized carbons (Fsp3) is 0.459. The van der Waals surface area contributed by atoms with Crippen LogP contribution in [0.5, 0.6) is 11.5 Å². The van der Waals surface area contributed by atoms with Gasteiger partial charge in [-0.25, -0.2) is 9.59 Å². The van der Waals surface area contributed by atoms with Crippen LogP contribution in [0.1, 0.15) is 132 Å². The van der Waals surface area contributed by atoms with Crippen molar-refractivity contribution in [2.24, 2.45) is 0 Å². The molecule has 0 amide bonds. The van der Waals surface area contributed by atoms with Gasteiger partial charge in [-0.15, -0.1) is 0 Å². The van der Waals surface area contributed by atoms with Gasteiger partial charge in [-0.3, -0.25) is 0 Å². The van der Waals surface area contributed by atoms with Crippen LogP contribution in [0.25, 0.3) is 0 Å². The van der Waals surface area contributed by atoms with Crippen LogP contribution in [0.2, 0.25) is 0 Å². The number of carbonyl (C=O) groups excluding carboxylic acids is 2. The van der Waals surface area contributed by atoms with Crippen molar-refractivity contribution in [2.75, 3.05) is 0 Å². The van der Waals surface area contributed by atoms with Crippen molar-refractivity contribution >= 4 is 11.9 Å². The van der Waals surface area contributed by atoms with Crippen LogP contribution in [0.4, 0.5) is 0 Å². The van der Waals surface area contributed by atoms with Gasteiger partial charge in [-0.05, 0) is 64.0 Å². The van der Waals surface area contributed by atoms with E-state index < -0.39 is 22.8 Å². The molecular weight excluding hydrogens is 508 g/mol. The monoisotopic (exact) mass is 556 g/mol. The molecule has 0 radical (unpaired) electrons. The molecule has 220 valence electrons. The van der Waals surface area contributed by atoms with Gasteiger partial charge in [0.2, 0.25) is 0 Å². The summed E-state index contributed by atoms with van der Waals surface area (Å²) in [5, 5.41) is 0. The van der Waals surface area contributed by atoms with E-state index in [9.17, 15) is 9.59 Å². The minimum atomic E-state index is -0.431. The summed E-state index contributed by atoms with van der Waals surface area (Å²) in [6, 6.07) is 16.9. The Morgan fingerprint density at radius 1 is 0.512 bits per heavy atom. The smallest absolute Gasteiger partial charge is 0.343 e. The van der Waals surface area contributed by atoms with Gasteiger partial charge in [0.25, 0.3) is 0 Å². The second kappa shape index (κ2) is 11.1. The van der Waals surface area contributed by atoms with E-state index in [1.54, 1.807) is 12.1 Å². The molecule has 0 N–H and O–H groups in total. The molecule has 3 rings (SSSR count). The predicted octanol–water partition coefficient (Wildman–Crippen LogP) is 9.62. The molecule has 0 aromatic heterocycles. The summed E-state index contributed by atoms with van der Waals surface area (Å²) < 4.78 is 12.3. The molecule has 41 heavy (non-hydrogen) atoms. The minimum absolute atomic E-state index is 0.0382. The molecule has 4 heteroatoms. The first-order valence-corrected chi connectivity index (χ1v) is 14.4. The minimum Gasteiger partial charge on any atom is -0.422 e. The molecule has 4 nitrogen and oxygen atoms in total. The average molecular weight is 557 g/mol. The number of benzene rings is 3. The van der Waals surface area contributed by atoms with E-state index >= 15 is 0 Å². The van der Waals surface area contributed by atoms with Crippen molar-refractivity contribution in [3.63, 3.8) is 0 Å². The molecule has 0 heterocycles. The number of hydrogen-bond donors (Lipinski definition) is 0. The van der Waals surface area contributed by atoms with Crippen LogP contribution in [0.3, 0.4) is 0 Å². The molecular formula is C37H48O4. The van der Waals surface area contributed by atoms with Crippen LogP contribution >= 0.6 is 0 Å². The van der Waals surface area contributed by atoms with E-state index in [0.29, 0.717) is 22.6 Å². The topological polar surface area (TPSA) is 52.6 Å². The Morgan fingerprint density at radius 2 is 0.927 bits per heavy atom. The molecule has 0 aliphatic rings. The average Bonchev–Trinajstić information content (AvgIpc) is 2.82. The third kappa shape index (κ3) is 7.47. The molecule has 0 saturated carbocycles. The lowest BCUT2D eigenvalue weighted by molar-refractivity contribution is 0.0726. The Labute approximate surface area is 247 Å². The van der Waals surface area contributed by atoms with Crippen LogP contribution in [-0.2, 0) is 21.7 Å². The third-order valence-corrected chi connectivity index (χ3v) is 7.29. The predicted molar refractivity (Wildman–Crippen MR) is 169 cm³/mol. The van der Waals surface area contributed by atoms with Crippen molar-refractivity contribution < 1.29 is 19.1 Å². The van der Waals surface area contributed by atoms with Crippen LogP contribution < -0.4 is 9.47 Å². The Bertz CT molecular complexity index is 1400. The summed E-state index contributed by atoms with van der Waals surface area (Å²) in [5.41, 5.74) is 4.48. The van der Waals surface area contributed by atoms with Gasteiger partial charge < -0.3 is 9.47 Å². The van der Waals surface area contributed by atoms with Crippen molar-refractivity contribution in [2.45, 2.75) is 112 Å². The zero-order valence-electron chi connectivity index (χ0n) is 27.3. The quantitative estimate of drug-likeness (QED) is 0.237. The Balaban J connectivity index is 2.18. The van der Waals surface area contributed by atoms with Crippen LogP contribution in [0.15, 0.2) is 54.6 Å². The summed E-state index contributed by atoms with van der Waals surface area (Å²) in [5.74, 6) is 0.238. The third-order valence-electron chi connectivity index (χ3n) is 7.29. The van der Waals surface area contributed by atoms with Gasteiger partial charge in [0.1, 0.15) is 11.5 Å². The number of esters is 2. The Kier molecular flexibility index (Phi) is 8.71. The number of rotatable bonds is 4. The first-order valence-electron chi connectivity index (χ1n) is 14.4. The highest BCUT2D eigenvalue weighted by Crippen LogP contribution is 2.42. The first kappa shape index (κ1) is 32.1. The summed E-state index contributed by atoms with van der Waals surface area (Å²) in [6.45, 7) is 27.3. The van der Waals surface area contributed by atoms with E-state index in [2.05, 4.69) is 95.2 Å². The van der Waals surface area contributed by atoms with Gasteiger partial charge in [0, 0.05) is 16.7 Å². The van der Waals surface area contributed by atoms with Crippen molar-refractivity contribution in [3.05, 3.63) is 93.5 Å². The van der Waals surface area contributed by atoms with Gasteiger partial charge in [-0.2, -0.15) is 0 Å². The first-order chi connectivity index (χ1) is 18.6. The fourth-order valence-electron chi connectivity index (χ4n) is 4.75. The van der Waals surface area contributed by atoms with Crippen molar-refractivity contribution in [3.8, 4) is 11.5 Å². The summed E-state index contributed by atoms with van der Waals surface area (Å²) in [7, 11) is 0. The Morgan fingerprint density at radius 3 is 1.37 bits per heavy atom. The van der Waals surface area contributed by atoms with E-state index in [-0.39, 0.29) is 10.8 Å². The number of ether oxygens (including phenoxy) is 2. The fourth-order valence-corrected chi connectivity index (χ4v) is 4.75. The molecule has 3 aromatic rings. The van der Waals surface area contributed by atoms with Gasteiger partial charge in [0.15, 0.2) is 0 Å². The molecule has 3 aromatic carbocycles. The van der Waals surface area contributed by atoms with Crippen molar-refractivity contribution in [1.29, 1.82) is 0 Å². The summed E-state index contributed by atoms with van der Waals surface area (Å²) >= 11 is 0. The molecule has 0 saturated heterocycles. The SMILES string of the molecule is Cc1cc(C(C)(C)C)cc(C(C)(C)C)c1OC(=O)c1cc(C(C)(C)C)c(OC(=O)c2ccccc2)c(C(C)(C)C)c1. The summed E-state index contributed by atoms with van der Waals surface area (Å²) in [6.07, 6.45) is 0. The van der Waals surface area contributed by atoms with E-state index in [0.717, 1.165) is 22.3 Å². The van der Waals surface area contributed by atoms with E-state index in [4.69, 9.17) is 9.47 Å². The molecule has 0 atom stereocenters. The van der Waals surface area contributed by atoms with Gasteiger partial charge in [-0.1, -0.05) is 113 Å². The largest absolute Gasteiger partial charge is 0.422 e. The second-order valence-corrected chi connectivity index (χ2v) is 15.2. The van der Waals surface area contributed by atoms with Crippen LogP contribution in [0, 0.1) is 6.92 Å². The second-order valence-electron chi connectivity index (χ2n) is 15.2. The lowest BCUT2D eigenvalue weighted by Gasteiger charge is -2.30. The maximum atomic E-state index is 13.9. The highest BCUT2D eigenvalue weighted by molar-refractivity contribution is 5.94.